The van der Waals surface area contributed by atoms with Crippen molar-refractivity contribution in [2.45, 2.75) is 63.4 Å². The highest BCUT2D eigenvalue weighted by molar-refractivity contribution is 6.30. The van der Waals surface area contributed by atoms with Crippen molar-refractivity contribution in [3.8, 4) is 17.5 Å². The maximum Gasteiger partial charge on any atom is 0.415 e. The first-order valence-electron chi connectivity index (χ1n) is 17.0. The van der Waals surface area contributed by atoms with Crippen molar-refractivity contribution in [3.63, 3.8) is 0 Å². The molecule has 4 heterocycles. The number of fused-ring (bicyclic) bond motifs is 1. The first-order chi connectivity index (χ1) is 23.7. The summed E-state index contributed by atoms with van der Waals surface area (Å²) >= 11 is 6.08. The van der Waals surface area contributed by atoms with Gasteiger partial charge in [0.05, 0.1) is 6.54 Å². The number of likely N-dealkylation sites (tertiary alicyclic amines) is 1. The van der Waals surface area contributed by atoms with Gasteiger partial charge in [-0.1, -0.05) is 23.7 Å². The van der Waals surface area contributed by atoms with Gasteiger partial charge in [0.1, 0.15) is 30.4 Å². The van der Waals surface area contributed by atoms with Gasteiger partial charge in [0.25, 0.3) is 0 Å². The van der Waals surface area contributed by atoms with Gasteiger partial charge >= 0.3 is 11.8 Å². The summed E-state index contributed by atoms with van der Waals surface area (Å²) in [5.74, 6) is 1.49. The van der Waals surface area contributed by atoms with Crippen LogP contribution in [0.15, 0.2) is 79.0 Å². The number of halogens is 1. The summed E-state index contributed by atoms with van der Waals surface area (Å²) in [5.41, 5.74) is 3.07. The van der Waals surface area contributed by atoms with Gasteiger partial charge in [-0.15, -0.1) is 0 Å². The zero-order chi connectivity index (χ0) is 34.0. The van der Waals surface area contributed by atoms with Crippen LogP contribution in [-0.2, 0) is 13.1 Å². The first-order valence-corrected chi connectivity index (χ1v) is 17.4. The minimum atomic E-state index is -0.640. The average molecular weight is 687 g/mol. The van der Waals surface area contributed by atoms with Crippen molar-refractivity contribution in [2.75, 3.05) is 49.6 Å². The van der Waals surface area contributed by atoms with E-state index in [9.17, 15) is 10.1 Å². The number of piperidine rings is 2. The molecule has 49 heavy (non-hydrogen) atoms. The average Bonchev–Trinajstić information content (AvgIpc) is 3.65. The van der Waals surface area contributed by atoms with Crippen LogP contribution in [0.5, 0.6) is 17.5 Å². The SMILES string of the molecule is CN(c1ccc(Cl)cc1)C1CCN(c2ccc(OC3CCN(Cc4ccc(OC[C@@]5(C)Cn6cc([N+](=O)[O-])nc6O5)cc4)CC3)cc2)CC1. The molecule has 1 aromatic heterocycles. The molecule has 7 rings (SSSR count). The minimum Gasteiger partial charge on any atom is -0.490 e. The first kappa shape index (κ1) is 33.0. The number of ether oxygens (including phenoxy) is 3. The summed E-state index contributed by atoms with van der Waals surface area (Å²) in [4.78, 5) is 21.7. The van der Waals surface area contributed by atoms with Crippen LogP contribution in [0.1, 0.15) is 38.2 Å². The van der Waals surface area contributed by atoms with E-state index < -0.39 is 10.5 Å². The second-order valence-electron chi connectivity index (χ2n) is 13.6. The summed E-state index contributed by atoms with van der Waals surface area (Å²) in [7, 11) is 2.18. The van der Waals surface area contributed by atoms with Gasteiger partial charge in [0.15, 0.2) is 5.60 Å². The van der Waals surface area contributed by atoms with Crippen LogP contribution < -0.4 is 24.0 Å². The van der Waals surface area contributed by atoms with E-state index in [1.807, 2.05) is 31.2 Å². The molecule has 3 aromatic carbocycles. The van der Waals surface area contributed by atoms with E-state index in [0.717, 1.165) is 74.9 Å². The second kappa shape index (κ2) is 14.2. The van der Waals surface area contributed by atoms with Crippen molar-refractivity contribution in [1.29, 1.82) is 0 Å². The number of hydrogen-bond acceptors (Lipinski definition) is 9. The molecule has 2 fully saturated rings. The lowest BCUT2D eigenvalue weighted by Gasteiger charge is -2.39. The molecule has 1 atom stereocenters. The van der Waals surface area contributed by atoms with Crippen LogP contribution in [0, 0.1) is 10.1 Å². The summed E-state index contributed by atoms with van der Waals surface area (Å²) in [5, 5.41) is 11.7. The highest BCUT2D eigenvalue weighted by Crippen LogP contribution is 2.32. The molecule has 0 saturated carbocycles. The molecule has 0 radical (unpaired) electrons. The Labute approximate surface area is 292 Å². The maximum absolute atomic E-state index is 11.0. The van der Waals surface area contributed by atoms with Gasteiger partial charge in [-0.3, -0.25) is 9.47 Å². The molecular weight excluding hydrogens is 644 g/mol. The smallest absolute Gasteiger partial charge is 0.415 e. The van der Waals surface area contributed by atoms with E-state index >= 15 is 0 Å². The number of benzene rings is 3. The molecule has 0 bridgehead atoms. The Morgan fingerprint density at radius 3 is 2.29 bits per heavy atom. The predicted molar refractivity (Wildman–Crippen MR) is 190 cm³/mol. The highest BCUT2D eigenvalue weighted by Gasteiger charge is 2.41. The Hall–Kier alpha value is -4.48. The summed E-state index contributed by atoms with van der Waals surface area (Å²) in [6, 6.07) is 25.7. The van der Waals surface area contributed by atoms with Crippen LogP contribution in [0.3, 0.4) is 0 Å². The molecular formula is C37H43ClN6O5. The lowest BCUT2D eigenvalue weighted by atomic mass is 10.0. The highest BCUT2D eigenvalue weighted by atomic mass is 35.5. The number of hydrogen-bond donors (Lipinski definition) is 0. The van der Waals surface area contributed by atoms with Gasteiger partial charge < -0.3 is 34.1 Å². The Bertz CT molecular complexity index is 1690. The fourth-order valence-electron chi connectivity index (χ4n) is 7.05. The van der Waals surface area contributed by atoms with Gasteiger partial charge in [0.2, 0.25) is 0 Å². The van der Waals surface area contributed by atoms with Gasteiger partial charge in [-0.2, -0.15) is 0 Å². The summed E-state index contributed by atoms with van der Waals surface area (Å²) < 4.78 is 20.0. The molecule has 3 aliphatic heterocycles. The molecule has 11 nitrogen and oxygen atoms in total. The molecule has 0 unspecified atom stereocenters. The quantitative estimate of drug-likeness (QED) is 0.124. The molecule has 258 valence electrons. The number of nitrogens with zero attached hydrogens (tertiary/aromatic N) is 6. The van der Waals surface area contributed by atoms with Crippen LogP contribution in [0.25, 0.3) is 0 Å². The van der Waals surface area contributed by atoms with E-state index in [1.165, 1.54) is 23.1 Å². The molecule has 0 N–H and O–H groups in total. The number of anilines is 2. The second-order valence-corrected chi connectivity index (χ2v) is 14.1. The Morgan fingerprint density at radius 2 is 1.63 bits per heavy atom. The number of aromatic nitrogens is 2. The largest absolute Gasteiger partial charge is 0.490 e. The van der Waals surface area contributed by atoms with Crippen molar-refractivity contribution in [2.24, 2.45) is 0 Å². The van der Waals surface area contributed by atoms with E-state index in [4.69, 9.17) is 25.8 Å². The lowest BCUT2D eigenvalue weighted by molar-refractivity contribution is -0.389. The molecule has 0 aliphatic carbocycles. The van der Waals surface area contributed by atoms with E-state index in [0.29, 0.717) is 19.2 Å². The van der Waals surface area contributed by atoms with Crippen molar-refractivity contribution in [1.82, 2.24) is 14.5 Å². The van der Waals surface area contributed by atoms with E-state index in [2.05, 4.69) is 75.3 Å². The number of rotatable bonds is 11. The number of nitro groups is 1. The normalized spacial score (nSPS) is 20.1. The molecule has 0 amide bonds. The zero-order valence-corrected chi connectivity index (χ0v) is 28.8. The fraction of sp³-hybridized carbons (Fsp3) is 0.432. The third-order valence-corrected chi connectivity index (χ3v) is 10.2. The van der Waals surface area contributed by atoms with Gasteiger partial charge in [0, 0.05) is 67.2 Å². The van der Waals surface area contributed by atoms with Crippen LogP contribution in [-0.4, -0.2) is 77.0 Å². The van der Waals surface area contributed by atoms with Crippen molar-refractivity contribution >= 4 is 28.8 Å². The standard InChI is InChI=1S/C37H43ClN6O5/c1-37(25-43-24-35(44(45)46)39-36(43)49-37)26-47-32-11-3-27(4-12-32)23-41-19-17-34(18-20-41)48-33-13-9-31(10-14-33)42-21-15-30(16-22-42)40(2)29-7-5-28(38)6-8-29/h3-14,24,30,34H,15-23,25-26H2,1-2H3/t37-/m1/s1. The fourth-order valence-corrected chi connectivity index (χ4v) is 7.18. The predicted octanol–water partition coefficient (Wildman–Crippen LogP) is 6.82. The van der Waals surface area contributed by atoms with Crippen LogP contribution in [0.4, 0.5) is 17.2 Å². The molecule has 3 aliphatic rings. The molecule has 4 aromatic rings. The number of imidazole rings is 1. The third-order valence-electron chi connectivity index (χ3n) is 9.92. The Balaban J connectivity index is 0.812. The monoisotopic (exact) mass is 686 g/mol. The maximum atomic E-state index is 11.0. The zero-order valence-electron chi connectivity index (χ0n) is 28.0. The Kier molecular flexibility index (Phi) is 9.55. The van der Waals surface area contributed by atoms with Gasteiger partial charge in [-0.05, 0) is 104 Å². The topological polar surface area (TPSA) is 98.4 Å². The minimum absolute atomic E-state index is 0.210. The molecule has 2 saturated heterocycles. The molecule has 12 heteroatoms. The summed E-state index contributed by atoms with van der Waals surface area (Å²) in [6.07, 6.45) is 5.85. The van der Waals surface area contributed by atoms with Crippen molar-refractivity contribution in [3.05, 3.63) is 99.7 Å². The summed E-state index contributed by atoms with van der Waals surface area (Å²) in [6.45, 7) is 7.60. The van der Waals surface area contributed by atoms with E-state index in [1.54, 1.807) is 4.57 Å². The third kappa shape index (κ3) is 7.89. The lowest BCUT2D eigenvalue weighted by Crippen LogP contribution is -2.43. The van der Waals surface area contributed by atoms with Gasteiger partial charge in [-0.25, -0.2) is 0 Å². The van der Waals surface area contributed by atoms with E-state index in [-0.39, 0.29) is 17.9 Å². The van der Waals surface area contributed by atoms with Crippen LogP contribution in [0.2, 0.25) is 5.02 Å². The molecule has 0 spiro atoms. The van der Waals surface area contributed by atoms with Crippen LogP contribution >= 0.6 is 11.6 Å². The van der Waals surface area contributed by atoms with Crippen molar-refractivity contribution < 1.29 is 19.1 Å². The Morgan fingerprint density at radius 1 is 0.959 bits per heavy atom.